The summed E-state index contributed by atoms with van der Waals surface area (Å²) in [6.07, 6.45) is 14.3. The van der Waals surface area contributed by atoms with E-state index in [9.17, 15) is 0 Å². The van der Waals surface area contributed by atoms with Gasteiger partial charge in [-0.3, -0.25) is 0 Å². The Morgan fingerprint density at radius 2 is 1.50 bits per heavy atom. The molecule has 0 atom stereocenters. The van der Waals surface area contributed by atoms with E-state index in [-0.39, 0.29) is 0 Å². The topological polar surface area (TPSA) is 3.24 Å². The van der Waals surface area contributed by atoms with E-state index >= 15 is 0 Å². The highest BCUT2D eigenvalue weighted by atomic mass is 32.1. The van der Waals surface area contributed by atoms with Gasteiger partial charge in [-0.15, -0.1) is 0 Å². The number of hydrogen-bond donors (Lipinski definition) is 1. The first-order valence-electron chi connectivity index (χ1n) is 9.01. The van der Waals surface area contributed by atoms with Gasteiger partial charge in [0.15, 0.2) is 0 Å². The molecule has 0 amide bonds. The van der Waals surface area contributed by atoms with Gasteiger partial charge in [-0.2, -0.15) is 12.6 Å². The molecule has 2 rings (SSSR count). The van der Waals surface area contributed by atoms with Gasteiger partial charge < -0.3 is 4.90 Å². The van der Waals surface area contributed by atoms with Crippen LogP contribution in [0.2, 0.25) is 0 Å². The molecule has 1 saturated carbocycles. The number of thiol groups is 1. The molecular formula is C18H35NS. The third-order valence-corrected chi connectivity index (χ3v) is 6.71. The van der Waals surface area contributed by atoms with Gasteiger partial charge in [0, 0.05) is 6.54 Å². The first-order valence-corrected chi connectivity index (χ1v) is 9.64. The standard InChI is InChI=1S/C18H35NS/c1-3-7-18(16-20,8-4-2)15-19-13-11-17(12-14-19)9-5-6-10-17/h20H,3-16H2,1-2H3. The number of rotatable bonds is 7. The molecule has 2 fully saturated rings. The van der Waals surface area contributed by atoms with E-state index in [2.05, 4.69) is 18.7 Å². The van der Waals surface area contributed by atoms with E-state index in [1.165, 1.54) is 83.8 Å². The van der Waals surface area contributed by atoms with Crippen molar-refractivity contribution in [2.24, 2.45) is 10.8 Å². The summed E-state index contributed by atoms with van der Waals surface area (Å²) in [6.45, 7) is 8.66. The summed E-state index contributed by atoms with van der Waals surface area (Å²) in [4.78, 5) is 2.77. The smallest absolute Gasteiger partial charge is 0.00458 e. The van der Waals surface area contributed by atoms with Crippen LogP contribution in [-0.4, -0.2) is 30.3 Å². The zero-order valence-electron chi connectivity index (χ0n) is 13.8. The maximum absolute atomic E-state index is 4.72. The monoisotopic (exact) mass is 297 g/mol. The Kier molecular flexibility index (Phi) is 6.28. The lowest BCUT2D eigenvalue weighted by molar-refractivity contribution is 0.0679. The molecule has 0 bridgehead atoms. The van der Waals surface area contributed by atoms with Gasteiger partial charge in [0.2, 0.25) is 0 Å². The molecule has 0 aromatic carbocycles. The van der Waals surface area contributed by atoms with Gasteiger partial charge >= 0.3 is 0 Å². The van der Waals surface area contributed by atoms with Crippen LogP contribution in [0, 0.1) is 10.8 Å². The number of nitrogens with zero attached hydrogens (tertiary/aromatic N) is 1. The fourth-order valence-corrected chi connectivity index (χ4v) is 5.25. The molecule has 0 aromatic heterocycles. The van der Waals surface area contributed by atoms with E-state index in [0.29, 0.717) is 5.41 Å². The van der Waals surface area contributed by atoms with Crippen molar-refractivity contribution in [1.82, 2.24) is 4.90 Å². The highest BCUT2D eigenvalue weighted by Crippen LogP contribution is 2.46. The van der Waals surface area contributed by atoms with Crippen molar-refractivity contribution in [1.29, 1.82) is 0 Å². The fourth-order valence-electron chi connectivity index (χ4n) is 4.84. The summed E-state index contributed by atoms with van der Waals surface area (Å²) in [5.74, 6) is 1.07. The summed E-state index contributed by atoms with van der Waals surface area (Å²) in [5.41, 5.74) is 1.24. The minimum absolute atomic E-state index is 0.479. The van der Waals surface area contributed by atoms with E-state index in [4.69, 9.17) is 12.6 Å². The summed E-state index contributed by atoms with van der Waals surface area (Å²) in [5, 5.41) is 0. The summed E-state index contributed by atoms with van der Waals surface area (Å²) in [7, 11) is 0. The molecule has 0 N–H and O–H groups in total. The number of hydrogen-bond acceptors (Lipinski definition) is 2. The Bertz CT molecular complexity index is 267. The summed E-state index contributed by atoms with van der Waals surface area (Å²) in [6, 6.07) is 0. The van der Waals surface area contributed by atoms with Gasteiger partial charge in [-0.25, -0.2) is 0 Å². The average Bonchev–Trinajstić information content (AvgIpc) is 2.91. The molecular weight excluding hydrogens is 262 g/mol. The van der Waals surface area contributed by atoms with Gasteiger partial charge in [-0.1, -0.05) is 39.5 Å². The van der Waals surface area contributed by atoms with Crippen LogP contribution in [0.1, 0.15) is 78.1 Å². The van der Waals surface area contributed by atoms with E-state index < -0.39 is 0 Å². The normalized spacial score (nSPS) is 23.6. The zero-order valence-corrected chi connectivity index (χ0v) is 14.7. The largest absolute Gasteiger partial charge is 0.303 e. The highest BCUT2D eigenvalue weighted by Gasteiger charge is 2.38. The third kappa shape index (κ3) is 3.94. The van der Waals surface area contributed by atoms with Gasteiger partial charge in [-0.05, 0) is 68.2 Å². The molecule has 1 aliphatic carbocycles. The van der Waals surface area contributed by atoms with Gasteiger partial charge in [0.1, 0.15) is 0 Å². The van der Waals surface area contributed by atoms with Crippen LogP contribution in [0.5, 0.6) is 0 Å². The maximum atomic E-state index is 4.72. The van der Waals surface area contributed by atoms with E-state index in [1.54, 1.807) is 0 Å². The quantitative estimate of drug-likeness (QED) is 0.635. The lowest BCUT2D eigenvalue weighted by Gasteiger charge is -2.44. The van der Waals surface area contributed by atoms with Crippen molar-refractivity contribution in [3.05, 3.63) is 0 Å². The third-order valence-electron chi connectivity index (χ3n) is 6.04. The predicted octanol–water partition coefficient (Wildman–Crippen LogP) is 5.16. The minimum atomic E-state index is 0.479. The summed E-state index contributed by atoms with van der Waals surface area (Å²) >= 11 is 4.72. The maximum Gasteiger partial charge on any atom is 0.00458 e. The van der Waals surface area contributed by atoms with Crippen molar-refractivity contribution < 1.29 is 0 Å². The Morgan fingerprint density at radius 3 is 1.95 bits per heavy atom. The second-order valence-electron chi connectivity index (χ2n) is 7.64. The van der Waals surface area contributed by atoms with Crippen LogP contribution >= 0.6 is 12.6 Å². The first kappa shape index (κ1) is 16.7. The van der Waals surface area contributed by atoms with Crippen LogP contribution < -0.4 is 0 Å². The molecule has 1 nitrogen and oxygen atoms in total. The van der Waals surface area contributed by atoms with E-state index in [1.807, 2.05) is 0 Å². The van der Waals surface area contributed by atoms with Crippen LogP contribution in [0.25, 0.3) is 0 Å². The van der Waals surface area contributed by atoms with Gasteiger partial charge in [0.25, 0.3) is 0 Å². The van der Waals surface area contributed by atoms with Crippen molar-refractivity contribution in [2.45, 2.75) is 78.1 Å². The van der Waals surface area contributed by atoms with Crippen LogP contribution in [0.4, 0.5) is 0 Å². The van der Waals surface area contributed by atoms with Crippen LogP contribution in [-0.2, 0) is 0 Å². The van der Waals surface area contributed by atoms with E-state index in [0.717, 1.165) is 11.2 Å². The Hall–Kier alpha value is 0.310. The molecule has 0 radical (unpaired) electrons. The van der Waals surface area contributed by atoms with Gasteiger partial charge in [0.05, 0.1) is 0 Å². The molecule has 2 heteroatoms. The Labute approximate surface area is 132 Å². The molecule has 1 heterocycles. The lowest BCUT2D eigenvalue weighted by Crippen LogP contribution is -2.45. The minimum Gasteiger partial charge on any atom is -0.303 e. The average molecular weight is 298 g/mol. The molecule has 0 unspecified atom stereocenters. The molecule has 1 spiro atoms. The molecule has 118 valence electrons. The highest BCUT2D eigenvalue weighted by molar-refractivity contribution is 7.80. The molecule has 20 heavy (non-hydrogen) atoms. The number of likely N-dealkylation sites (tertiary alicyclic amines) is 1. The Morgan fingerprint density at radius 1 is 0.950 bits per heavy atom. The second-order valence-corrected chi connectivity index (χ2v) is 7.96. The van der Waals surface area contributed by atoms with Crippen molar-refractivity contribution in [2.75, 3.05) is 25.4 Å². The first-order chi connectivity index (χ1) is 9.67. The number of piperidine rings is 1. The SMILES string of the molecule is CCCC(CS)(CCC)CN1CCC2(CCCC2)CC1. The molecule has 1 saturated heterocycles. The van der Waals surface area contributed by atoms with Crippen LogP contribution in [0.3, 0.4) is 0 Å². The molecule has 0 aromatic rings. The zero-order chi connectivity index (χ0) is 14.5. The summed E-state index contributed by atoms with van der Waals surface area (Å²) < 4.78 is 0. The Balaban J connectivity index is 1.88. The van der Waals surface area contributed by atoms with Crippen molar-refractivity contribution in [3.63, 3.8) is 0 Å². The molecule has 1 aliphatic heterocycles. The second kappa shape index (κ2) is 7.54. The molecule has 2 aliphatic rings. The van der Waals surface area contributed by atoms with Crippen molar-refractivity contribution >= 4 is 12.6 Å². The predicted molar refractivity (Wildman–Crippen MR) is 92.7 cm³/mol. The van der Waals surface area contributed by atoms with Crippen LogP contribution in [0.15, 0.2) is 0 Å². The fraction of sp³-hybridized carbons (Fsp3) is 1.00. The lowest BCUT2D eigenvalue weighted by atomic mass is 9.75. The van der Waals surface area contributed by atoms with Crippen molar-refractivity contribution in [3.8, 4) is 0 Å².